The second-order valence-corrected chi connectivity index (χ2v) is 7.00. The van der Waals surface area contributed by atoms with E-state index >= 15 is 0 Å². The van der Waals surface area contributed by atoms with Gasteiger partial charge in [-0.25, -0.2) is 0 Å². The first kappa shape index (κ1) is 20.8. The second-order valence-electron chi connectivity index (χ2n) is 7.00. The van der Waals surface area contributed by atoms with E-state index in [-0.39, 0.29) is 24.6 Å². The molecule has 0 bridgehead atoms. The summed E-state index contributed by atoms with van der Waals surface area (Å²) < 4.78 is 41.4. The molecule has 0 radical (unpaired) electrons. The molecule has 1 aliphatic carbocycles. The second kappa shape index (κ2) is 8.18. The predicted molar refractivity (Wildman–Crippen MR) is 96.8 cm³/mol. The Morgan fingerprint density at radius 2 is 1.93 bits per heavy atom. The number of hydrogen-bond acceptors (Lipinski definition) is 4. The first-order valence-corrected chi connectivity index (χ1v) is 9.16. The molecule has 2 unspecified atom stereocenters. The maximum absolute atomic E-state index is 12.5. The lowest BCUT2D eigenvalue weighted by molar-refractivity contribution is -0.313. The van der Waals surface area contributed by atoms with Crippen LogP contribution in [-0.4, -0.2) is 29.8 Å². The van der Waals surface area contributed by atoms with Crippen molar-refractivity contribution in [3.63, 3.8) is 0 Å². The number of benzene rings is 1. The van der Waals surface area contributed by atoms with E-state index in [0.717, 1.165) is 11.3 Å². The minimum Gasteiger partial charge on any atom is -0.550 e. The summed E-state index contributed by atoms with van der Waals surface area (Å²) in [6.45, 7) is 2.01. The number of fused-ring (bicyclic) bond motifs is 1. The minimum atomic E-state index is -4.78. The van der Waals surface area contributed by atoms with Gasteiger partial charge in [-0.3, -0.25) is 4.79 Å². The number of amides is 1. The fraction of sp³-hybridized carbons (Fsp3) is 0.400. The van der Waals surface area contributed by atoms with Gasteiger partial charge in [-0.15, -0.1) is 13.2 Å². The standard InChI is InChI=1S/C20H21F3N2O4/c1-11-13(16-10-12(29-20(21,22)23)6-7-17(16)25-11)8-9-24-18(26)14-4-2-3-5-15(14)19(27)28/h2-3,6-7,10,14-15,25H,4-5,8-9H2,1H3,(H,24,26)(H,27,28)/p-1. The number of carbonyl (C=O) groups excluding carboxylic acids is 2. The molecule has 1 aromatic heterocycles. The maximum atomic E-state index is 12.5. The molecule has 0 fully saturated rings. The minimum absolute atomic E-state index is 0.219. The molecule has 2 N–H and O–H groups in total. The molecule has 2 atom stereocenters. The highest BCUT2D eigenvalue weighted by Gasteiger charge is 2.31. The summed E-state index contributed by atoms with van der Waals surface area (Å²) in [6.07, 6.45) is -0.336. The third-order valence-corrected chi connectivity index (χ3v) is 5.07. The van der Waals surface area contributed by atoms with Crippen LogP contribution in [0.25, 0.3) is 10.9 Å². The first-order chi connectivity index (χ1) is 13.7. The molecule has 1 heterocycles. The molecule has 156 valence electrons. The number of ether oxygens (including phenoxy) is 1. The van der Waals surface area contributed by atoms with Crippen molar-refractivity contribution in [2.75, 3.05) is 6.54 Å². The molecule has 1 aliphatic rings. The summed E-state index contributed by atoms with van der Waals surface area (Å²) in [7, 11) is 0. The molecule has 0 spiro atoms. The number of carboxylic acids is 1. The van der Waals surface area contributed by atoms with Gasteiger partial charge >= 0.3 is 6.36 Å². The van der Waals surface area contributed by atoms with Crippen LogP contribution in [-0.2, 0) is 16.0 Å². The molecular weight excluding hydrogens is 389 g/mol. The number of aromatic nitrogens is 1. The lowest BCUT2D eigenvalue weighted by atomic mass is 9.82. The zero-order valence-electron chi connectivity index (χ0n) is 15.6. The Kier molecular flexibility index (Phi) is 5.86. The lowest BCUT2D eigenvalue weighted by Gasteiger charge is -2.28. The van der Waals surface area contributed by atoms with Crippen LogP contribution in [0.3, 0.4) is 0 Å². The van der Waals surface area contributed by atoms with Gasteiger partial charge in [0.05, 0.1) is 0 Å². The molecule has 6 nitrogen and oxygen atoms in total. The van der Waals surface area contributed by atoms with E-state index in [9.17, 15) is 27.9 Å². The Balaban J connectivity index is 1.69. The number of hydrogen-bond donors (Lipinski definition) is 2. The van der Waals surface area contributed by atoms with Crippen molar-refractivity contribution in [2.45, 2.75) is 32.5 Å². The van der Waals surface area contributed by atoms with Gasteiger partial charge in [-0.2, -0.15) is 0 Å². The third-order valence-electron chi connectivity index (χ3n) is 5.07. The first-order valence-electron chi connectivity index (χ1n) is 9.16. The molecule has 1 amide bonds. The van der Waals surface area contributed by atoms with Crippen molar-refractivity contribution < 1.29 is 32.6 Å². The van der Waals surface area contributed by atoms with E-state index in [1.807, 2.05) is 0 Å². The van der Waals surface area contributed by atoms with Crippen LogP contribution >= 0.6 is 0 Å². The summed E-state index contributed by atoms with van der Waals surface area (Å²) in [5.74, 6) is -3.50. The van der Waals surface area contributed by atoms with Gasteiger partial charge in [-0.1, -0.05) is 12.2 Å². The molecule has 1 aromatic carbocycles. The molecule has 2 aromatic rings. The topological polar surface area (TPSA) is 94.2 Å². The zero-order chi connectivity index (χ0) is 21.2. The molecule has 0 saturated heterocycles. The fourth-order valence-electron chi connectivity index (χ4n) is 3.69. The number of aryl methyl sites for hydroxylation is 1. The van der Waals surface area contributed by atoms with Crippen LogP contribution in [0.2, 0.25) is 0 Å². The summed E-state index contributed by atoms with van der Waals surface area (Å²) in [5.41, 5.74) is 2.19. The molecule has 29 heavy (non-hydrogen) atoms. The van der Waals surface area contributed by atoms with E-state index in [1.165, 1.54) is 18.2 Å². The van der Waals surface area contributed by atoms with Gasteiger partial charge in [0.25, 0.3) is 0 Å². The van der Waals surface area contributed by atoms with E-state index in [0.29, 0.717) is 23.7 Å². The van der Waals surface area contributed by atoms with Crippen LogP contribution in [0.1, 0.15) is 24.1 Å². The average molecular weight is 409 g/mol. The Hall–Kier alpha value is -2.97. The monoisotopic (exact) mass is 409 g/mol. The van der Waals surface area contributed by atoms with Crippen LogP contribution in [0.5, 0.6) is 5.75 Å². The molecule has 9 heteroatoms. The Labute approximate surface area is 164 Å². The maximum Gasteiger partial charge on any atom is 0.573 e. The van der Waals surface area contributed by atoms with Crippen LogP contribution in [0.4, 0.5) is 13.2 Å². The average Bonchev–Trinajstić information content (AvgIpc) is 2.95. The molecule has 3 rings (SSSR count). The number of nitrogens with one attached hydrogen (secondary N) is 2. The summed E-state index contributed by atoms with van der Waals surface area (Å²) in [4.78, 5) is 26.7. The van der Waals surface area contributed by atoms with Crippen molar-refractivity contribution in [3.8, 4) is 5.75 Å². The van der Waals surface area contributed by atoms with Gasteiger partial charge in [0, 0.05) is 40.9 Å². The van der Waals surface area contributed by atoms with Crippen molar-refractivity contribution in [1.29, 1.82) is 0 Å². The number of aliphatic carboxylic acids is 1. The van der Waals surface area contributed by atoms with Gasteiger partial charge in [0.15, 0.2) is 0 Å². The lowest BCUT2D eigenvalue weighted by Crippen LogP contribution is -2.44. The fourth-order valence-corrected chi connectivity index (χ4v) is 3.69. The third kappa shape index (κ3) is 4.90. The summed E-state index contributed by atoms with van der Waals surface area (Å²) in [5, 5.41) is 14.5. The SMILES string of the molecule is Cc1[nH]c2ccc(OC(F)(F)F)cc2c1CCNC(=O)C1CC=CCC1C(=O)[O-]. The number of rotatable bonds is 6. The zero-order valence-corrected chi connectivity index (χ0v) is 15.6. The van der Waals surface area contributed by atoms with Gasteiger partial charge < -0.3 is 24.9 Å². The molecular formula is C20H20F3N2O4-. The largest absolute Gasteiger partial charge is 0.573 e. The van der Waals surface area contributed by atoms with E-state index in [2.05, 4.69) is 15.0 Å². The quantitative estimate of drug-likeness (QED) is 0.717. The van der Waals surface area contributed by atoms with Crippen molar-refractivity contribution in [2.24, 2.45) is 11.8 Å². The number of carbonyl (C=O) groups is 2. The van der Waals surface area contributed by atoms with E-state index < -0.39 is 24.2 Å². The van der Waals surface area contributed by atoms with Gasteiger partial charge in [0.2, 0.25) is 5.91 Å². The summed E-state index contributed by atoms with van der Waals surface area (Å²) >= 11 is 0. The highest BCUT2D eigenvalue weighted by atomic mass is 19.4. The Morgan fingerprint density at radius 1 is 1.24 bits per heavy atom. The highest BCUT2D eigenvalue weighted by Crippen LogP contribution is 2.30. The van der Waals surface area contributed by atoms with Gasteiger partial charge in [-0.05, 0) is 49.9 Å². The Bertz CT molecular complexity index is 949. The normalized spacial score (nSPS) is 19.3. The van der Waals surface area contributed by atoms with Crippen molar-refractivity contribution in [3.05, 3.63) is 41.6 Å². The number of halogens is 3. The van der Waals surface area contributed by atoms with Crippen LogP contribution < -0.4 is 15.2 Å². The number of H-pyrrole nitrogens is 1. The smallest absolute Gasteiger partial charge is 0.550 e. The number of carboxylic acid groups (broad SMARTS) is 1. The highest BCUT2D eigenvalue weighted by molar-refractivity contribution is 5.87. The van der Waals surface area contributed by atoms with E-state index in [1.54, 1.807) is 19.1 Å². The predicted octanol–water partition coefficient (Wildman–Crippen LogP) is 2.37. The van der Waals surface area contributed by atoms with E-state index in [4.69, 9.17) is 0 Å². The van der Waals surface area contributed by atoms with Crippen LogP contribution in [0, 0.1) is 18.8 Å². The molecule has 0 saturated carbocycles. The number of allylic oxidation sites excluding steroid dienone is 2. The van der Waals surface area contributed by atoms with Gasteiger partial charge in [0.1, 0.15) is 5.75 Å². The van der Waals surface area contributed by atoms with Crippen molar-refractivity contribution >= 4 is 22.8 Å². The van der Waals surface area contributed by atoms with Crippen LogP contribution in [0.15, 0.2) is 30.4 Å². The molecule has 0 aliphatic heterocycles. The number of alkyl halides is 3. The number of aromatic amines is 1. The van der Waals surface area contributed by atoms with Crippen molar-refractivity contribution in [1.82, 2.24) is 10.3 Å². The Morgan fingerprint density at radius 3 is 2.59 bits per heavy atom. The summed E-state index contributed by atoms with van der Waals surface area (Å²) in [6, 6.07) is 4.04.